The average Bonchev–Trinajstić information content (AvgIpc) is 3.46. The molecule has 2 bridgehead atoms. The van der Waals surface area contributed by atoms with Crippen LogP contribution in [0.2, 0.25) is 0 Å². The van der Waals surface area contributed by atoms with Gasteiger partial charge in [-0.05, 0) is 53.8 Å². The van der Waals surface area contributed by atoms with Gasteiger partial charge >= 0.3 is 0 Å². The summed E-state index contributed by atoms with van der Waals surface area (Å²) in [5.74, 6) is -2.39. The molecule has 0 radical (unpaired) electrons. The van der Waals surface area contributed by atoms with Crippen LogP contribution in [-0.4, -0.2) is 119 Å². The Morgan fingerprint density at radius 3 is 2.23 bits per heavy atom. The fourth-order valence-corrected chi connectivity index (χ4v) is 8.16. The zero-order chi connectivity index (χ0) is 30.4. The van der Waals surface area contributed by atoms with E-state index in [2.05, 4.69) is 12.1 Å². The molecule has 2 aromatic carbocycles. The number of hydrogen-bond acceptors (Lipinski definition) is 6. The van der Waals surface area contributed by atoms with Crippen molar-refractivity contribution in [1.82, 2.24) is 9.80 Å². The number of aliphatic hydroxyl groups is 1. The maximum absolute atomic E-state index is 13.5. The quantitative estimate of drug-likeness (QED) is 0.313. The number of quaternary nitrogens is 2. The fraction of sp³-hybridized carbons (Fsp3) is 0.455. The lowest BCUT2D eigenvalue weighted by Gasteiger charge is -2.55. The number of carbonyl (C=O) groups is 4. The van der Waals surface area contributed by atoms with Gasteiger partial charge in [0.25, 0.3) is 5.91 Å². The molecule has 43 heavy (non-hydrogen) atoms. The van der Waals surface area contributed by atoms with E-state index in [9.17, 15) is 29.4 Å². The van der Waals surface area contributed by atoms with E-state index in [0.29, 0.717) is 28.8 Å². The maximum Gasteiger partial charge on any atom is 0.277 e. The molecule has 0 aromatic heterocycles. The van der Waals surface area contributed by atoms with Crippen LogP contribution >= 0.6 is 0 Å². The Hall–Kier alpha value is -3.86. The molecular weight excluding hydrogens is 548 g/mol. The van der Waals surface area contributed by atoms with Crippen LogP contribution in [-0.2, 0) is 20.9 Å². The minimum Gasteiger partial charge on any atom is -0.543 e. The van der Waals surface area contributed by atoms with Gasteiger partial charge in [0.15, 0.2) is 12.3 Å². The van der Waals surface area contributed by atoms with Crippen LogP contribution in [0.4, 0.5) is 0 Å². The molecule has 3 atom stereocenters. The van der Waals surface area contributed by atoms with Gasteiger partial charge in [0.2, 0.25) is 5.91 Å². The number of benzene rings is 2. The van der Waals surface area contributed by atoms with Crippen molar-refractivity contribution in [1.29, 1.82) is 0 Å². The van der Waals surface area contributed by atoms with Crippen molar-refractivity contribution in [3.8, 4) is 11.1 Å². The van der Waals surface area contributed by atoms with E-state index >= 15 is 0 Å². The van der Waals surface area contributed by atoms with Crippen molar-refractivity contribution >= 4 is 29.1 Å². The van der Waals surface area contributed by atoms with E-state index in [-0.39, 0.29) is 23.8 Å². The number of hydrogen-bond donors (Lipinski definition) is 1. The van der Waals surface area contributed by atoms with Gasteiger partial charge in [-0.2, -0.15) is 0 Å². The second-order valence-electron chi connectivity index (χ2n) is 13.5. The summed E-state index contributed by atoms with van der Waals surface area (Å²) in [5.41, 5.74) is 4.95. The number of fused-ring (bicyclic) bond motifs is 7. The summed E-state index contributed by atoms with van der Waals surface area (Å²) in [6.45, 7) is 9.09. The second kappa shape index (κ2) is 9.57. The standard InChI is InChI=1S/C33H37N4O6/c1-19(38)29-27-16-24(30(33(42)43)35(27)32(29)41)21-5-7-22-25-14-20(4-6-23(25)31(40)26(22)15-21)17-36-8-11-37(12-9-36,13-10-36)18-28(39)34(2)3/h4-7,14-15,19,27,29,38H,8-13,16-18H2,1-3H3/q+1/t19-,27-,29-,36?,37?/m1/s1. The highest BCUT2D eigenvalue weighted by molar-refractivity contribution is 6.22. The maximum atomic E-state index is 13.5. The first-order valence-electron chi connectivity index (χ1n) is 15.1. The van der Waals surface area contributed by atoms with E-state index in [4.69, 9.17) is 0 Å². The number of carbonyl (C=O) groups excluding carboxylic acids is 4. The topological polar surface area (TPSA) is 118 Å². The number of aliphatic hydroxyl groups excluding tert-OH is 1. The third-order valence-electron chi connectivity index (χ3n) is 10.8. The Labute approximate surface area is 250 Å². The van der Waals surface area contributed by atoms with Crippen LogP contribution in [0.5, 0.6) is 0 Å². The van der Waals surface area contributed by atoms with Gasteiger partial charge in [0, 0.05) is 30.8 Å². The number of carboxylic acid groups (broad SMARTS) is 1. The molecule has 0 saturated carbocycles. The molecule has 4 fully saturated rings. The first kappa shape index (κ1) is 27.9. The van der Waals surface area contributed by atoms with Gasteiger partial charge in [-0.3, -0.25) is 14.4 Å². The Kier molecular flexibility index (Phi) is 6.22. The lowest BCUT2D eigenvalue weighted by Crippen LogP contribution is -2.75. The highest BCUT2D eigenvalue weighted by Gasteiger charge is 2.55. The monoisotopic (exact) mass is 585 g/mol. The summed E-state index contributed by atoms with van der Waals surface area (Å²) in [4.78, 5) is 53.6. The van der Waals surface area contributed by atoms with Gasteiger partial charge in [0.05, 0.1) is 29.7 Å². The fourth-order valence-electron chi connectivity index (χ4n) is 8.16. The van der Waals surface area contributed by atoms with Gasteiger partial charge in [-0.15, -0.1) is 0 Å². The zero-order valence-corrected chi connectivity index (χ0v) is 24.8. The largest absolute Gasteiger partial charge is 0.543 e. The van der Waals surface area contributed by atoms with Gasteiger partial charge in [-0.1, -0.05) is 18.2 Å². The molecule has 4 saturated heterocycles. The van der Waals surface area contributed by atoms with E-state index in [0.717, 1.165) is 65.9 Å². The molecule has 224 valence electrons. The minimum atomic E-state index is -1.43. The Bertz CT molecular complexity index is 1620. The molecule has 10 nitrogen and oxygen atoms in total. The van der Waals surface area contributed by atoms with Gasteiger partial charge < -0.3 is 33.8 Å². The predicted molar refractivity (Wildman–Crippen MR) is 155 cm³/mol. The normalized spacial score (nSPS) is 29.3. The minimum absolute atomic E-state index is 0.0937. The predicted octanol–water partition coefficient (Wildman–Crippen LogP) is 0.220. The van der Waals surface area contributed by atoms with Crippen LogP contribution < -0.4 is 5.11 Å². The molecule has 5 aliphatic heterocycles. The molecule has 2 amide bonds. The second-order valence-corrected chi connectivity index (χ2v) is 13.5. The molecule has 5 heterocycles. The summed E-state index contributed by atoms with van der Waals surface area (Å²) in [7, 11) is 3.64. The van der Waals surface area contributed by atoms with Crippen LogP contribution in [0.3, 0.4) is 0 Å². The van der Waals surface area contributed by atoms with E-state index in [1.54, 1.807) is 11.0 Å². The van der Waals surface area contributed by atoms with Gasteiger partial charge in [0.1, 0.15) is 45.8 Å². The lowest BCUT2D eigenvalue weighted by atomic mass is 9.82. The number of carboxylic acids is 1. The first-order chi connectivity index (χ1) is 20.4. The summed E-state index contributed by atoms with van der Waals surface area (Å²) >= 11 is 0. The van der Waals surface area contributed by atoms with Crippen molar-refractivity contribution in [2.75, 3.05) is 59.9 Å². The molecule has 1 N–H and O–H groups in total. The van der Waals surface area contributed by atoms with E-state index < -0.39 is 29.9 Å². The van der Waals surface area contributed by atoms with Gasteiger partial charge in [-0.25, -0.2) is 0 Å². The number of ketones is 1. The Balaban J connectivity index is 1.13. The molecule has 0 unspecified atom stereocenters. The lowest BCUT2D eigenvalue weighted by molar-refractivity contribution is -1.08. The third-order valence-corrected chi connectivity index (χ3v) is 10.8. The number of rotatable bonds is 7. The zero-order valence-electron chi connectivity index (χ0n) is 24.8. The van der Waals surface area contributed by atoms with Crippen LogP contribution in [0.1, 0.15) is 40.4 Å². The number of piperazine rings is 3. The van der Waals surface area contributed by atoms with Crippen molar-refractivity contribution in [3.05, 3.63) is 64.3 Å². The number of nitrogens with zero attached hydrogens (tertiary/aromatic N) is 4. The van der Waals surface area contributed by atoms with Crippen molar-refractivity contribution in [2.45, 2.75) is 32.0 Å². The van der Waals surface area contributed by atoms with E-state index in [1.807, 2.05) is 32.3 Å². The number of amides is 2. The first-order valence-corrected chi connectivity index (χ1v) is 15.1. The molecule has 6 aliphatic rings. The van der Waals surface area contributed by atoms with Crippen LogP contribution in [0.25, 0.3) is 16.7 Å². The Morgan fingerprint density at radius 1 is 0.953 bits per heavy atom. The molecule has 10 heteroatoms. The van der Waals surface area contributed by atoms with Crippen molar-refractivity contribution in [2.24, 2.45) is 5.92 Å². The van der Waals surface area contributed by atoms with Crippen LogP contribution in [0.15, 0.2) is 42.1 Å². The smallest absolute Gasteiger partial charge is 0.277 e. The van der Waals surface area contributed by atoms with Crippen LogP contribution in [0, 0.1) is 5.92 Å². The molecule has 2 aromatic rings. The SMILES string of the molecule is C[C@@H](O)[C@H]1C(=O)N2C(C(=O)[O-])=C(c3ccc4c(c3)C(=O)c3ccc(C[N+]56CC[N+](CC(=O)N(C)C)(CC5)CC6)cc3-4)C[C@H]12. The molecule has 1 aliphatic carbocycles. The van der Waals surface area contributed by atoms with E-state index in [1.165, 1.54) is 17.4 Å². The number of β-lactam (4-membered cyclic amide) rings is 1. The highest BCUT2D eigenvalue weighted by Crippen LogP contribution is 2.48. The Morgan fingerprint density at radius 2 is 1.60 bits per heavy atom. The number of likely N-dealkylation sites (N-methyl/N-ethyl adjacent to an activating group) is 1. The third kappa shape index (κ3) is 4.18. The van der Waals surface area contributed by atoms with Crippen molar-refractivity contribution < 1.29 is 38.4 Å². The van der Waals surface area contributed by atoms with Crippen molar-refractivity contribution in [3.63, 3.8) is 0 Å². The summed E-state index contributed by atoms with van der Waals surface area (Å²) in [6.07, 6.45) is -0.589. The summed E-state index contributed by atoms with van der Waals surface area (Å²) in [5, 5.41) is 22.2. The summed E-state index contributed by atoms with van der Waals surface area (Å²) in [6, 6.07) is 11.1. The molecule has 8 rings (SSSR count). The highest BCUT2D eigenvalue weighted by atomic mass is 16.4. The molecule has 0 spiro atoms. The molecular formula is C33H37N4O6+. The average molecular weight is 586 g/mol. The summed E-state index contributed by atoms with van der Waals surface area (Å²) < 4.78 is 1.88. The number of aliphatic carboxylic acids is 1.